The fraction of sp³-hybridized carbons (Fsp3) is 0.440. The standard InChI is InChI=1S/C25H28ClF3N4O2/c1-33(14-15-4-8-35-9-5-15)7-6-30-23-13-18-17(12-21(28)24(29)25(18)31-23)22(32-34)11-16-2-3-20(27)19(26)10-16/h2-3,10,12,15,34H,4-9,11,13-14H2,1H3,(H,30,31)/b32-22+. The van der Waals surface area contributed by atoms with Crippen molar-refractivity contribution in [1.82, 2.24) is 4.90 Å². The number of likely N-dealkylation sites (N-methyl/N-ethyl adjacent to an activating group) is 1. The molecule has 2 aliphatic heterocycles. The van der Waals surface area contributed by atoms with Gasteiger partial charge in [0.25, 0.3) is 0 Å². The molecule has 0 spiro atoms. The molecule has 1 saturated heterocycles. The van der Waals surface area contributed by atoms with Gasteiger partial charge in [0.05, 0.1) is 23.0 Å². The van der Waals surface area contributed by atoms with Gasteiger partial charge >= 0.3 is 0 Å². The molecule has 0 aromatic heterocycles. The van der Waals surface area contributed by atoms with Gasteiger partial charge in [-0.2, -0.15) is 0 Å². The van der Waals surface area contributed by atoms with Crippen LogP contribution in [0.4, 0.5) is 18.9 Å². The first kappa shape index (κ1) is 25.5. The molecule has 2 aromatic rings. The van der Waals surface area contributed by atoms with Crippen molar-refractivity contribution in [3.63, 3.8) is 0 Å². The third kappa shape index (κ3) is 6.15. The first-order valence-corrected chi connectivity index (χ1v) is 12.0. The molecule has 6 nitrogen and oxygen atoms in total. The fourth-order valence-electron chi connectivity index (χ4n) is 4.53. The number of hydrogen-bond acceptors (Lipinski definition) is 5. The molecule has 188 valence electrons. The molecule has 4 rings (SSSR count). The Morgan fingerprint density at radius 3 is 2.69 bits per heavy atom. The Morgan fingerprint density at radius 2 is 1.97 bits per heavy atom. The number of anilines is 1. The number of aliphatic imine (C=N–C) groups is 1. The molecule has 2 N–H and O–H groups in total. The highest BCUT2D eigenvalue weighted by Crippen LogP contribution is 2.33. The molecule has 0 aliphatic carbocycles. The zero-order valence-electron chi connectivity index (χ0n) is 19.5. The molecule has 0 bridgehead atoms. The number of rotatable bonds is 8. The van der Waals surface area contributed by atoms with E-state index in [4.69, 9.17) is 16.3 Å². The van der Waals surface area contributed by atoms with Crippen molar-refractivity contribution in [2.45, 2.75) is 25.7 Å². The first-order valence-electron chi connectivity index (χ1n) is 11.6. The maximum atomic E-state index is 14.6. The molecule has 0 amide bonds. The number of benzene rings is 2. The highest BCUT2D eigenvalue weighted by molar-refractivity contribution is 6.30. The highest BCUT2D eigenvalue weighted by atomic mass is 35.5. The van der Waals surface area contributed by atoms with Crippen molar-refractivity contribution in [2.75, 3.05) is 45.2 Å². The van der Waals surface area contributed by atoms with Gasteiger partial charge in [0.2, 0.25) is 0 Å². The second-order valence-corrected chi connectivity index (χ2v) is 9.40. The normalized spacial score (nSPS) is 17.8. The van der Waals surface area contributed by atoms with Crippen LogP contribution in [-0.4, -0.2) is 61.6 Å². The van der Waals surface area contributed by atoms with E-state index in [0.29, 0.717) is 29.4 Å². The van der Waals surface area contributed by atoms with E-state index in [1.54, 1.807) is 0 Å². The van der Waals surface area contributed by atoms with E-state index < -0.39 is 17.5 Å². The Balaban J connectivity index is 1.46. The molecule has 2 heterocycles. The van der Waals surface area contributed by atoms with Gasteiger partial charge in [-0.1, -0.05) is 22.8 Å². The summed E-state index contributed by atoms with van der Waals surface area (Å²) in [5, 5.41) is 15.8. The third-order valence-electron chi connectivity index (χ3n) is 6.42. The molecule has 0 saturated carbocycles. The monoisotopic (exact) mass is 508 g/mol. The number of fused-ring (bicyclic) bond motifs is 1. The lowest BCUT2D eigenvalue weighted by Crippen LogP contribution is -2.31. The molecule has 2 aromatic carbocycles. The smallest absolute Gasteiger partial charge is 0.182 e. The van der Waals surface area contributed by atoms with Crippen molar-refractivity contribution < 1.29 is 23.1 Å². The van der Waals surface area contributed by atoms with Crippen molar-refractivity contribution in [3.05, 3.63) is 63.4 Å². The summed E-state index contributed by atoms with van der Waals surface area (Å²) in [6, 6.07) is 5.12. The van der Waals surface area contributed by atoms with Crippen LogP contribution in [0.5, 0.6) is 0 Å². The van der Waals surface area contributed by atoms with E-state index in [0.717, 1.165) is 45.2 Å². The van der Waals surface area contributed by atoms with Crippen molar-refractivity contribution >= 4 is 28.8 Å². The molecule has 0 atom stereocenters. The second kappa shape index (κ2) is 11.4. The topological polar surface area (TPSA) is 69.5 Å². The zero-order chi connectivity index (χ0) is 24.9. The molecule has 0 unspecified atom stereocenters. The van der Waals surface area contributed by atoms with Gasteiger partial charge in [0.1, 0.15) is 11.7 Å². The van der Waals surface area contributed by atoms with Gasteiger partial charge in [0.15, 0.2) is 11.6 Å². The lowest BCUT2D eigenvalue weighted by atomic mass is 9.95. The summed E-state index contributed by atoms with van der Waals surface area (Å²) in [6.07, 6.45) is 2.41. The Hall–Kier alpha value is -2.62. The summed E-state index contributed by atoms with van der Waals surface area (Å²) in [6.45, 7) is 3.82. The summed E-state index contributed by atoms with van der Waals surface area (Å²) < 4.78 is 47.9. The number of halogens is 4. The molecule has 10 heteroatoms. The largest absolute Gasteiger partial charge is 0.411 e. The molecule has 1 fully saturated rings. The van der Waals surface area contributed by atoms with E-state index in [9.17, 15) is 18.4 Å². The van der Waals surface area contributed by atoms with Crippen LogP contribution >= 0.6 is 11.6 Å². The zero-order valence-corrected chi connectivity index (χ0v) is 20.2. The molecule has 0 radical (unpaired) electrons. The second-order valence-electron chi connectivity index (χ2n) is 8.99. The van der Waals surface area contributed by atoms with E-state index in [1.807, 2.05) is 7.05 Å². The van der Waals surface area contributed by atoms with Crippen LogP contribution in [-0.2, 0) is 17.6 Å². The Bertz CT molecular complexity index is 1140. The maximum absolute atomic E-state index is 14.6. The summed E-state index contributed by atoms with van der Waals surface area (Å²) in [5.74, 6) is -1.51. The molecular formula is C25H28ClF3N4O2. The quantitative estimate of drug-likeness (QED) is 0.302. The van der Waals surface area contributed by atoms with Crippen LogP contribution in [0, 0.1) is 23.4 Å². The first-order chi connectivity index (χ1) is 16.9. The number of ether oxygens (including phenoxy) is 1. The predicted octanol–water partition coefficient (Wildman–Crippen LogP) is 4.90. The SMILES string of the molecule is CN(CCN=C1Cc2c(/C(Cc3ccc(F)c(Cl)c3)=N/O)cc(F)c(F)c2N1)CC1CCOCC1. The summed E-state index contributed by atoms with van der Waals surface area (Å²) in [7, 11) is 2.05. The number of nitrogens with one attached hydrogen (secondary N) is 1. The van der Waals surface area contributed by atoms with Crippen LogP contribution in [0.1, 0.15) is 29.5 Å². The van der Waals surface area contributed by atoms with E-state index in [2.05, 4.69) is 20.4 Å². The summed E-state index contributed by atoms with van der Waals surface area (Å²) in [5.41, 5.74) is 1.39. The van der Waals surface area contributed by atoms with E-state index in [-0.39, 0.29) is 34.8 Å². The lowest BCUT2D eigenvalue weighted by Gasteiger charge is -2.26. The van der Waals surface area contributed by atoms with Crippen LogP contribution in [0.3, 0.4) is 0 Å². The Morgan fingerprint density at radius 1 is 1.20 bits per heavy atom. The maximum Gasteiger partial charge on any atom is 0.182 e. The third-order valence-corrected chi connectivity index (χ3v) is 6.71. The predicted molar refractivity (Wildman–Crippen MR) is 130 cm³/mol. The highest BCUT2D eigenvalue weighted by Gasteiger charge is 2.28. The van der Waals surface area contributed by atoms with Crippen LogP contribution in [0.2, 0.25) is 5.02 Å². The van der Waals surface area contributed by atoms with Crippen molar-refractivity contribution in [2.24, 2.45) is 16.1 Å². The van der Waals surface area contributed by atoms with E-state index in [1.165, 1.54) is 18.2 Å². The van der Waals surface area contributed by atoms with Gasteiger partial charge in [-0.25, -0.2) is 13.2 Å². The van der Waals surface area contributed by atoms with Crippen LogP contribution < -0.4 is 5.32 Å². The lowest BCUT2D eigenvalue weighted by molar-refractivity contribution is 0.0561. The van der Waals surface area contributed by atoms with Gasteiger partial charge in [-0.15, -0.1) is 0 Å². The summed E-state index contributed by atoms with van der Waals surface area (Å²) in [4.78, 5) is 6.78. The van der Waals surface area contributed by atoms with Gasteiger partial charge in [0, 0.05) is 44.7 Å². The minimum Gasteiger partial charge on any atom is -0.411 e. The number of oxime groups is 1. The van der Waals surface area contributed by atoms with E-state index >= 15 is 0 Å². The minimum absolute atomic E-state index is 0.00685. The van der Waals surface area contributed by atoms with Gasteiger partial charge < -0.3 is 20.2 Å². The summed E-state index contributed by atoms with van der Waals surface area (Å²) >= 11 is 5.85. The molecular weight excluding hydrogens is 481 g/mol. The van der Waals surface area contributed by atoms with Gasteiger partial charge in [-0.3, -0.25) is 4.99 Å². The van der Waals surface area contributed by atoms with Crippen LogP contribution in [0.15, 0.2) is 34.4 Å². The minimum atomic E-state index is -1.07. The van der Waals surface area contributed by atoms with Gasteiger partial charge in [-0.05, 0) is 55.1 Å². The van der Waals surface area contributed by atoms with Crippen LogP contribution in [0.25, 0.3) is 0 Å². The average Bonchev–Trinajstić information content (AvgIpc) is 3.27. The number of hydrogen-bond donors (Lipinski definition) is 2. The average molecular weight is 509 g/mol. The molecule has 35 heavy (non-hydrogen) atoms. The fourth-order valence-corrected chi connectivity index (χ4v) is 4.73. The Kier molecular flexibility index (Phi) is 8.30. The van der Waals surface area contributed by atoms with Crippen molar-refractivity contribution in [1.29, 1.82) is 0 Å². The number of nitrogens with zero attached hydrogens (tertiary/aromatic N) is 3. The Labute approximate surface area is 207 Å². The molecule has 2 aliphatic rings. The number of amidine groups is 1. The van der Waals surface area contributed by atoms with Crippen molar-refractivity contribution in [3.8, 4) is 0 Å².